The van der Waals surface area contributed by atoms with Gasteiger partial charge in [-0.3, -0.25) is 0 Å². The lowest BCUT2D eigenvalue weighted by Gasteiger charge is -2.24. The summed E-state index contributed by atoms with van der Waals surface area (Å²) in [6.07, 6.45) is 5.49. The molecule has 0 aromatic rings. The van der Waals surface area contributed by atoms with Crippen molar-refractivity contribution >= 4 is 0 Å². The standard InChI is InChI=1S/C8H16O2/c9-6-8(10)7-4-2-1-3-5-7/h7-10H,1-6H2/t8-/m1/s1. The summed E-state index contributed by atoms with van der Waals surface area (Å²) in [7, 11) is 0. The van der Waals surface area contributed by atoms with E-state index in [4.69, 9.17) is 5.11 Å². The zero-order valence-electron chi connectivity index (χ0n) is 6.29. The van der Waals surface area contributed by atoms with E-state index >= 15 is 0 Å². The summed E-state index contributed by atoms with van der Waals surface area (Å²) >= 11 is 0. The van der Waals surface area contributed by atoms with E-state index in [1.807, 2.05) is 0 Å². The molecule has 0 heterocycles. The Hall–Kier alpha value is -0.0800. The maximum atomic E-state index is 9.23. The van der Waals surface area contributed by atoms with Crippen LogP contribution in [0.2, 0.25) is 0 Å². The average molecular weight is 144 g/mol. The van der Waals surface area contributed by atoms with E-state index < -0.39 is 6.10 Å². The normalized spacial score (nSPS) is 24.6. The summed E-state index contributed by atoms with van der Waals surface area (Å²) in [5.41, 5.74) is 0. The van der Waals surface area contributed by atoms with Gasteiger partial charge in [-0.05, 0) is 18.8 Å². The summed E-state index contributed by atoms with van der Waals surface area (Å²) in [6.45, 7) is -0.0648. The lowest BCUT2D eigenvalue weighted by atomic mass is 9.85. The molecule has 1 rings (SSSR count). The first kappa shape index (κ1) is 8.02. The smallest absolute Gasteiger partial charge is 0.0799 e. The van der Waals surface area contributed by atoms with E-state index in [0.717, 1.165) is 12.8 Å². The third kappa shape index (κ3) is 1.96. The van der Waals surface area contributed by atoms with Gasteiger partial charge in [0.2, 0.25) is 0 Å². The van der Waals surface area contributed by atoms with Gasteiger partial charge in [-0.15, -0.1) is 0 Å². The molecule has 1 aliphatic rings. The van der Waals surface area contributed by atoms with Crippen LogP contribution < -0.4 is 0 Å². The van der Waals surface area contributed by atoms with Crippen molar-refractivity contribution in [3.8, 4) is 0 Å². The first-order valence-corrected chi connectivity index (χ1v) is 4.13. The Morgan fingerprint density at radius 3 is 2.30 bits per heavy atom. The molecule has 0 unspecified atom stereocenters. The minimum atomic E-state index is -0.458. The maximum Gasteiger partial charge on any atom is 0.0799 e. The van der Waals surface area contributed by atoms with Crippen molar-refractivity contribution in [2.45, 2.75) is 38.2 Å². The van der Waals surface area contributed by atoms with Crippen molar-refractivity contribution in [3.05, 3.63) is 0 Å². The van der Waals surface area contributed by atoms with Crippen LogP contribution in [0.15, 0.2) is 0 Å². The highest BCUT2D eigenvalue weighted by Crippen LogP contribution is 2.25. The summed E-state index contributed by atoms with van der Waals surface area (Å²) in [5.74, 6) is 0.374. The second-order valence-corrected chi connectivity index (χ2v) is 3.15. The summed E-state index contributed by atoms with van der Waals surface area (Å²) in [6, 6.07) is 0. The lowest BCUT2D eigenvalue weighted by molar-refractivity contribution is 0.0325. The summed E-state index contributed by atoms with van der Waals surface area (Å²) in [5, 5.41) is 17.9. The van der Waals surface area contributed by atoms with E-state index in [1.165, 1.54) is 19.3 Å². The van der Waals surface area contributed by atoms with Crippen LogP contribution >= 0.6 is 0 Å². The first-order valence-electron chi connectivity index (χ1n) is 4.13. The van der Waals surface area contributed by atoms with Crippen molar-refractivity contribution in [3.63, 3.8) is 0 Å². The number of aliphatic hydroxyl groups excluding tert-OH is 2. The van der Waals surface area contributed by atoms with Gasteiger partial charge in [0, 0.05) is 0 Å². The number of hydrogen-bond donors (Lipinski definition) is 2. The molecule has 0 bridgehead atoms. The Labute approximate surface area is 61.9 Å². The van der Waals surface area contributed by atoms with Crippen molar-refractivity contribution in [1.29, 1.82) is 0 Å². The van der Waals surface area contributed by atoms with Gasteiger partial charge in [0.1, 0.15) is 0 Å². The quantitative estimate of drug-likeness (QED) is 0.605. The molecule has 0 radical (unpaired) electrons. The second kappa shape index (κ2) is 3.94. The van der Waals surface area contributed by atoms with Crippen molar-refractivity contribution < 1.29 is 10.2 Å². The molecule has 0 aromatic heterocycles. The van der Waals surface area contributed by atoms with Crippen LogP contribution in [0.3, 0.4) is 0 Å². The largest absolute Gasteiger partial charge is 0.394 e. The number of hydrogen-bond acceptors (Lipinski definition) is 2. The fourth-order valence-corrected chi connectivity index (χ4v) is 1.67. The molecule has 10 heavy (non-hydrogen) atoms. The predicted octanol–water partition coefficient (Wildman–Crippen LogP) is 0.920. The molecule has 2 N–H and O–H groups in total. The van der Waals surface area contributed by atoms with E-state index in [9.17, 15) is 5.11 Å². The second-order valence-electron chi connectivity index (χ2n) is 3.15. The highest BCUT2D eigenvalue weighted by Gasteiger charge is 2.20. The lowest BCUT2D eigenvalue weighted by Crippen LogP contribution is -2.25. The fourth-order valence-electron chi connectivity index (χ4n) is 1.67. The Kier molecular flexibility index (Phi) is 3.16. The topological polar surface area (TPSA) is 40.5 Å². The average Bonchev–Trinajstić information content (AvgIpc) is 2.05. The Bertz CT molecular complexity index is 87.3. The molecule has 1 atom stereocenters. The molecule has 2 nitrogen and oxygen atoms in total. The molecule has 0 aromatic carbocycles. The van der Waals surface area contributed by atoms with Gasteiger partial charge < -0.3 is 10.2 Å². The molecule has 1 aliphatic carbocycles. The highest BCUT2D eigenvalue weighted by molar-refractivity contribution is 4.71. The van der Waals surface area contributed by atoms with E-state index in [-0.39, 0.29) is 6.61 Å². The molecule has 0 spiro atoms. The van der Waals surface area contributed by atoms with Crippen LogP contribution in [0.4, 0.5) is 0 Å². The van der Waals surface area contributed by atoms with E-state index in [1.54, 1.807) is 0 Å². The molecule has 0 saturated heterocycles. The third-order valence-corrected chi connectivity index (χ3v) is 2.38. The van der Waals surface area contributed by atoms with Gasteiger partial charge in [-0.25, -0.2) is 0 Å². The minimum Gasteiger partial charge on any atom is -0.394 e. The molecular weight excluding hydrogens is 128 g/mol. The monoisotopic (exact) mass is 144 g/mol. The van der Waals surface area contributed by atoms with Gasteiger partial charge in [0.05, 0.1) is 12.7 Å². The van der Waals surface area contributed by atoms with Crippen LogP contribution in [-0.4, -0.2) is 22.9 Å². The van der Waals surface area contributed by atoms with Gasteiger partial charge in [-0.1, -0.05) is 19.3 Å². The molecule has 2 heteroatoms. The SMILES string of the molecule is OC[C@@H](O)C1CCCCC1. The van der Waals surface area contributed by atoms with Gasteiger partial charge in [0.15, 0.2) is 0 Å². The predicted molar refractivity (Wildman–Crippen MR) is 39.7 cm³/mol. The first-order chi connectivity index (χ1) is 4.84. The zero-order valence-corrected chi connectivity index (χ0v) is 6.29. The molecule has 60 valence electrons. The summed E-state index contributed by atoms with van der Waals surface area (Å²) in [4.78, 5) is 0. The third-order valence-electron chi connectivity index (χ3n) is 2.38. The molecule has 1 fully saturated rings. The Balaban J connectivity index is 2.24. The number of aliphatic hydroxyl groups is 2. The molecular formula is C8H16O2. The van der Waals surface area contributed by atoms with Crippen molar-refractivity contribution in [2.24, 2.45) is 5.92 Å². The van der Waals surface area contributed by atoms with Crippen LogP contribution in [-0.2, 0) is 0 Å². The van der Waals surface area contributed by atoms with Crippen LogP contribution in [0, 0.1) is 5.92 Å². The van der Waals surface area contributed by atoms with Gasteiger partial charge in [-0.2, -0.15) is 0 Å². The van der Waals surface area contributed by atoms with Crippen LogP contribution in [0.5, 0.6) is 0 Å². The van der Waals surface area contributed by atoms with Crippen LogP contribution in [0.25, 0.3) is 0 Å². The Morgan fingerprint density at radius 2 is 1.80 bits per heavy atom. The fraction of sp³-hybridized carbons (Fsp3) is 1.00. The highest BCUT2D eigenvalue weighted by atomic mass is 16.3. The van der Waals surface area contributed by atoms with Crippen molar-refractivity contribution in [2.75, 3.05) is 6.61 Å². The maximum absolute atomic E-state index is 9.23. The van der Waals surface area contributed by atoms with E-state index in [2.05, 4.69) is 0 Å². The molecule has 0 amide bonds. The van der Waals surface area contributed by atoms with Gasteiger partial charge in [0.25, 0.3) is 0 Å². The van der Waals surface area contributed by atoms with E-state index in [0.29, 0.717) is 5.92 Å². The Morgan fingerprint density at radius 1 is 1.20 bits per heavy atom. The van der Waals surface area contributed by atoms with Crippen molar-refractivity contribution in [1.82, 2.24) is 0 Å². The molecule has 1 saturated carbocycles. The minimum absolute atomic E-state index is 0.0648. The zero-order chi connectivity index (χ0) is 7.40. The van der Waals surface area contributed by atoms with Crippen LogP contribution in [0.1, 0.15) is 32.1 Å². The summed E-state index contributed by atoms with van der Waals surface area (Å²) < 4.78 is 0. The van der Waals surface area contributed by atoms with Gasteiger partial charge >= 0.3 is 0 Å². The molecule has 0 aliphatic heterocycles. The number of rotatable bonds is 2.